The van der Waals surface area contributed by atoms with Gasteiger partial charge in [-0.25, -0.2) is 0 Å². The fourth-order valence-electron chi connectivity index (χ4n) is 8.95. The van der Waals surface area contributed by atoms with Crippen molar-refractivity contribution in [2.24, 2.45) is 0 Å². The first kappa shape index (κ1) is 37.0. The highest BCUT2D eigenvalue weighted by Gasteiger charge is 2.43. The van der Waals surface area contributed by atoms with Crippen LogP contribution in [-0.4, -0.2) is 16.1 Å². The third kappa shape index (κ3) is 6.12. The van der Waals surface area contributed by atoms with E-state index in [1.54, 1.807) is 0 Å². The minimum absolute atomic E-state index is 0.400. The Hall–Kier alpha value is -3.81. The Kier molecular flexibility index (Phi) is 10.8. The van der Waals surface area contributed by atoms with Crippen LogP contribution >= 0.6 is 0 Å². The second-order valence-corrected chi connectivity index (χ2v) is 27.1. The largest absolute Gasteiger partial charge is 0.192 e. The number of fused-ring (bicyclic) bond motifs is 3. The SMILES string of the molecule is Cc1cc2c(C#C[Si](C(C)C)(C(C)C)C(C)C)c3cc4cc(C#N)c(C#N)cc4cc3c(C#C[Si](C(C)C)(C(C)C)C(C)C)c2cc1C. The molecule has 48 heavy (non-hydrogen) atoms. The van der Waals surface area contributed by atoms with Gasteiger partial charge in [0.1, 0.15) is 28.3 Å². The molecule has 0 N–H and O–H groups in total. The van der Waals surface area contributed by atoms with Crippen LogP contribution in [0.5, 0.6) is 0 Å². The van der Waals surface area contributed by atoms with Crippen LogP contribution in [0.15, 0.2) is 36.4 Å². The Morgan fingerprint density at radius 3 is 0.958 bits per heavy atom. The van der Waals surface area contributed by atoms with Gasteiger partial charge in [-0.1, -0.05) is 94.9 Å². The van der Waals surface area contributed by atoms with E-state index in [4.69, 9.17) is 0 Å². The minimum Gasteiger partial charge on any atom is -0.192 e. The zero-order valence-corrected chi connectivity index (χ0v) is 33.8. The van der Waals surface area contributed by atoms with E-state index in [1.165, 1.54) is 11.1 Å². The minimum atomic E-state index is -2.04. The number of hydrogen-bond donors (Lipinski definition) is 0. The Labute approximate surface area is 293 Å². The van der Waals surface area contributed by atoms with Crippen molar-refractivity contribution in [3.63, 3.8) is 0 Å². The molecular formula is C44H54N2Si2. The molecule has 0 amide bonds. The third-order valence-corrected chi connectivity index (χ3v) is 24.2. The summed E-state index contributed by atoms with van der Waals surface area (Å²) in [6.45, 7) is 32.7. The number of nitriles is 2. The molecule has 0 aliphatic heterocycles. The Morgan fingerprint density at radius 1 is 0.438 bits per heavy atom. The molecule has 0 atom stereocenters. The van der Waals surface area contributed by atoms with Crippen molar-refractivity contribution in [2.75, 3.05) is 0 Å². The van der Waals surface area contributed by atoms with Gasteiger partial charge in [0.25, 0.3) is 0 Å². The maximum absolute atomic E-state index is 9.90. The highest BCUT2D eigenvalue weighted by atomic mass is 28.3. The highest BCUT2D eigenvalue weighted by Crippen LogP contribution is 2.43. The molecule has 0 saturated heterocycles. The topological polar surface area (TPSA) is 47.6 Å². The summed E-state index contributed by atoms with van der Waals surface area (Å²) in [6, 6.07) is 17.3. The highest BCUT2D eigenvalue weighted by molar-refractivity contribution is 6.91. The molecule has 0 unspecified atom stereocenters. The van der Waals surface area contributed by atoms with Gasteiger partial charge in [0.15, 0.2) is 0 Å². The molecule has 4 heteroatoms. The summed E-state index contributed by atoms with van der Waals surface area (Å²) in [5.41, 5.74) is 16.6. The zero-order chi connectivity index (χ0) is 35.9. The zero-order valence-electron chi connectivity index (χ0n) is 31.8. The lowest BCUT2D eigenvalue weighted by Crippen LogP contribution is -2.43. The van der Waals surface area contributed by atoms with Gasteiger partial charge < -0.3 is 0 Å². The van der Waals surface area contributed by atoms with Crippen molar-refractivity contribution < 1.29 is 0 Å². The van der Waals surface area contributed by atoms with E-state index in [1.807, 2.05) is 12.1 Å². The van der Waals surface area contributed by atoms with Gasteiger partial charge >= 0.3 is 0 Å². The number of aryl methyl sites for hydroxylation is 2. The lowest BCUT2D eigenvalue weighted by Gasteiger charge is -2.38. The van der Waals surface area contributed by atoms with Crippen molar-refractivity contribution in [3.05, 3.63) is 69.8 Å². The van der Waals surface area contributed by atoms with Crippen molar-refractivity contribution in [1.29, 1.82) is 10.5 Å². The molecule has 0 radical (unpaired) electrons. The van der Waals surface area contributed by atoms with Crippen LogP contribution < -0.4 is 0 Å². The number of rotatable bonds is 6. The van der Waals surface area contributed by atoms with E-state index >= 15 is 0 Å². The molecule has 0 heterocycles. The average Bonchev–Trinajstić information content (AvgIpc) is 3.00. The number of hydrogen-bond acceptors (Lipinski definition) is 2. The summed E-state index contributed by atoms with van der Waals surface area (Å²) >= 11 is 0. The quantitative estimate of drug-likeness (QED) is 0.117. The average molecular weight is 667 g/mol. The van der Waals surface area contributed by atoms with Crippen molar-refractivity contribution >= 4 is 48.5 Å². The Morgan fingerprint density at radius 2 is 0.708 bits per heavy atom. The summed E-state index contributed by atoms with van der Waals surface area (Å²) in [4.78, 5) is 0. The van der Waals surface area contributed by atoms with Gasteiger partial charge in [-0.3, -0.25) is 0 Å². The first-order valence-electron chi connectivity index (χ1n) is 17.8. The monoisotopic (exact) mass is 666 g/mol. The fourth-order valence-corrected chi connectivity index (χ4v) is 19.4. The van der Waals surface area contributed by atoms with Crippen LogP contribution in [-0.2, 0) is 0 Å². The molecule has 2 nitrogen and oxygen atoms in total. The molecule has 4 aromatic rings. The fraction of sp³-hybridized carbons (Fsp3) is 0.455. The summed E-state index contributed by atoms with van der Waals surface area (Å²) in [7, 11) is -4.09. The van der Waals surface area contributed by atoms with Crippen LogP contribution in [0.25, 0.3) is 32.3 Å². The standard InChI is InChI=1S/C44H54N2Si2/c1-27(2)47(28(3)4,29(5)6)17-15-39-41-19-33(13)34(14)20-42(41)40(16-18-48(30(7)8,31(9)10)32(11)12)44-24-36-22-38(26-46)37(25-45)21-35(36)23-43(39)44/h19-24,27-32H,1-14H3. The van der Waals surface area contributed by atoms with Crippen LogP contribution in [0, 0.1) is 59.4 Å². The number of nitrogens with zero attached hydrogens (tertiary/aromatic N) is 2. The molecule has 0 aromatic heterocycles. The maximum Gasteiger partial charge on any atom is 0.146 e. The van der Waals surface area contributed by atoms with Crippen molar-refractivity contribution in [1.82, 2.24) is 0 Å². The van der Waals surface area contributed by atoms with Gasteiger partial charge in [0, 0.05) is 11.1 Å². The molecule has 0 saturated carbocycles. The molecule has 0 spiro atoms. The Balaban J connectivity index is 2.34. The third-order valence-electron chi connectivity index (χ3n) is 11.6. The van der Waals surface area contributed by atoms with Gasteiger partial charge in [0.2, 0.25) is 0 Å². The van der Waals surface area contributed by atoms with Crippen LogP contribution in [0.2, 0.25) is 33.2 Å². The summed E-state index contributed by atoms with van der Waals surface area (Å²) in [5, 5.41) is 26.1. The lowest BCUT2D eigenvalue weighted by molar-refractivity contribution is 0.838. The van der Waals surface area contributed by atoms with Crippen LogP contribution in [0.4, 0.5) is 0 Å². The summed E-state index contributed by atoms with van der Waals surface area (Å²) in [5.74, 6) is 7.77. The smallest absolute Gasteiger partial charge is 0.146 e. The van der Waals surface area contributed by atoms with Crippen molar-refractivity contribution in [3.8, 4) is 35.1 Å². The number of benzene rings is 4. The molecular weight excluding hydrogens is 613 g/mol. The normalized spacial score (nSPS) is 12.3. The molecule has 4 aromatic carbocycles. The Bertz CT molecular complexity index is 1910. The van der Waals surface area contributed by atoms with E-state index < -0.39 is 16.1 Å². The summed E-state index contributed by atoms with van der Waals surface area (Å²) < 4.78 is 0. The van der Waals surface area contributed by atoms with E-state index in [0.29, 0.717) is 44.4 Å². The predicted molar refractivity (Wildman–Crippen MR) is 214 cm³/mol. The van der Waals surface area contributed by atoms with Crippen LogP contribution in [0.3, 0.4) is 0 Å². The lowest BCUT2D eigenvalue weighted by atomic mass is 9.88. The van der Waals surface area contributed by atoms with E-state index in [-0.39, 0.29) is 0 Å². The van der Waals surface area contributed by atoms with Crippen LogP contribution in [0.1, 0.15) is 116 Å². The van der Waals surface area contributed by atoms with Gasteiger partial charge in [-0.15, -0.1) is 11.1 Å². The summed E-state index contributed by atoms with van der Waals surface area (Å²) in [6.07, 6.45) is 0. The predicted octanol–water partition coefficient (Wildman–Crippen LogP) is 12.6. The van der Waals surface area contributed by atoms with E-state index in [2.05, 4.69) is 156 Å². The molecule has 248 valence electrons. The molecule has 0 aliphatic rings. The van der Waals surface area contributed by atoms with Crippen molar-refractivity contribution in [2.45, 2.75) is 130 Å². The second-order valence-electron chi connectivity index (χ2n) is 15.9. The van der Waals surface area contributed by atoms with Gasteiger partial charge in [-0.05, 0) is 127 Å². The van der Waals surface area contributed by atoms with E-state index in [0.717, 1.165) is 43.4 Å². The van der Waals surface area contributed by atoms with Gasteiger partial charge in [-0.2, -0.15) is 10.5 Å². The molecule has 0 aliphatic carbocycles. The first-order chi connectivity index (χ1) is 22.5. The first-order valence-corrected chi connectivity index (χ1v) is 22.3. The van der Waals surface area contributed by atoms with E-state index in [9.17, 15) is 10.5 Å². The molecule has 4 rings (SSSR count). The molecule has 0 bridgehead atoms. The second kappa shape index (κ2) is 14.0. The maximum atomic E-state index is 9.90. The van der Waals surface area contributed by atoms with Gasteiger partial charge in [0.05, 0.1) is 11.1 Å². The molecule has 0 fully saturated rings.